The number of hydrazone groups is 1. The molecule has 0 fully saturated rings. The van der Waals surface area contributed by atoms with E-state index in [1.807, 2.05) is 56.3 Å². The van der Waals surface area contributed by atoms with Gasteiger partial charge in [-0.2, -0.15) is 5.10 Å². The summed E-state index contributed by atoms with van der Waals surface area (Å²) >= 11 is 7.32. The average Bonchev–Trinajstić information content (AvgIpc) is 2.79. The minimum Gasteiger partial charge on any atom is -0.322 e. The molecule has 3 aromatic carbocycles. The first-order valence-electron chi connectivity index (χ1n) is 9.65. The molecule has 31 heavy (non-hydrogen) atoms. The maximum absolute atomic E-state index is 12.3. The average molecular weight is 452 g/mol. The van der Waals surface area contributed by atoms with Gasteiger partial charge in [0.2, 0.25) is 0 Å². The largest absolute Gasteiger partial charge is 0.322 e. The number of carbonyl (C=O) groups excluding carboxylic acids is 2. The van der Waals surface area contributed by atoms with Crippen LogP contribution in [-0.2, 0) is 4.79 Å². The lowest BCUT2D eigenvalue weighted by atomic mass is 10.1. The third-order valence-electron chi connectivity index (χ3n) is 4.43. The van der Waals surface area contributed by atoms with E-state index in [0.29, 0.717) is 22.0 Å². The first-order valence-corrected chi connectivity index (χ1v) is 10.9. The van der Waals surface area contributed by atoms with Gasteiger partial charge in [0.25, 0.3) is 11.8 Å². The highest BCUT2D eigenvalue weighted by Crippen LogP contribution is 2.24. The molecule has 0 unspecified atom stereocenters. The van der Waals surface area contributed by atoms with Crippen LogP contribution in [0.25, 0.3) is 0 Å². The second kappa shape index (κ2) is 10.8. The topological polar surface area (TPSA) is 70.6 Å². The molecule has 2 amide bonds. The van der Waals surface area contributed by atoms with Gasteiger partial charge in [0.05, 0.1) is 11.0 Å². The monoisotopic (exact) mass is 451 g/mol. The van der Waals surface area contributed by atoms with E-state index < -0.39 is 0 Å². The first-order chi connectivity index (χ1) is 14.9. The molecule has 2 N–H and O–H groups in total. The third-order valence-corrected chi connectivity index (χ3v) is 5.79. The Morgan fingerprint density at radius 1 is 0.903 bits per heavy atom. The Balaban J connectivity index is 1.55. The minimum absolute atomic E-state index is 0.168. The zero-order chi connectivity index (χ0) is 22.2. The number of anilines is 1. The van der Waals surface area contributed by atoms with E-state index >= 15 is 0 Å². The molecule has 1 atom stereocenters. The molecule has 0 heterocycles. The van der Waals surface area contributed by atoms with E-state index in [1.54, 1.807) is 36.4 Å². The van der Waals surface area contributed by atoms with Crippen LogP contribution in [0.15, 0.2) is 88.9 Å². The van der Waals surface area contributed by atoms with Crippen molar-refractivity contribution in [2.75, 3.05) is 5.32 Å². The van der Waals surface area contributed by atoms with Crippen molar-refractivity contribution in [3.63, 3.8) is 0 Å². The van der Waals surface area contributed by atoms with E-state index in [9.17, 15) is 9.59 Å². The molecule has 0 bridgehead atoms. The molecule has 5 nitrogen and oxygen atoms in total. The summed E-state index contributed by atoms with van der Waals surface area (Å²) in [7, 11) is 0. The van der Waals surface area contributed by atoms with Gasteiger partial charge < -0.3 is 5.32 Å². The van der Waals surface area contributed by atoms with Gasteiger partial charge in [-0.15, -0.1) is 11.8 Å². The Morgan fingerprint density at radius 3 is 2.19 bits per heavy atom. The van der Waals surface area contributed by atoms with Crippen LogP contribution in [0.5, 0.6) is 0 Å². The van der Waals surface area contributed by atoms with Crippen LogP contribution in [0.2, 0.25) is 5.02 Å². The van der Waals surface area contributed by atoms with Crippen molar-refractivity contribution in [3.8, 4) is 0 Å². The predicted molar refractivity (Wildman–Crippen MR) is 128 cm³/mol. The summed E-state index contributed by atoms with van der Waals surface area (Å²) in [6.07, 6.45) is 0. The van der Waals surface area contributed by atoms with Crippen LogP contribution < -0.4 is 10.7 Å². The Hall–Kier alpha value is -3.09. The summed E-state index contributed by atoms with van der Waals surface area (Å²) < 4.78 is 0. The minimum atomic E-state index is -0.312. The fourth-order valence-electron chi connectivity index (χ4n) is 2.65. The molecule has 0 spiro atoms. The lowest BCUT2D eigenvalue weighted by molar-refractivity contribution is -0.120. The molecule has 0 aliphatic heterocycles. The number of hydrogen-bond donors (Lipinski definition) is 2. The molecule has 0 saturated heterocycles. The molecular weight excluding hydrogens is 430 g/mol. The number of halogens is 1. The summed E-state index contributed by atoms with van der Waals surface area (Å²) in [5.41, 5.74) is 5.40. The highest BCUT2D eigenvalue weighted by molar-refractivity contribution is 8.00. The number of thioether (sulfide) groups is 1. The molecule has 0 aromatic heterocycles. The second-order valence-corrected chi connectivity index (χ2v) is 8.64. The smallest absolute Gasteiger partial charge is 0.255 e. The molecule has 3 aromatic rings. The van der Waals surface area contributed by atoms with E-state index in [0.717, 1.165) is 10.5 Å². The van der Waals surface area contributed by atoms with Gasteiger partial charge in [-0.25, -0.2) is 5.43 Å². The van der Waals surface area contributed by atoms with E-state index in [-0.39, 0.29) is 17.1 Å². The van der Waals surface area contributed by atoms with E-state index in [1.165, 1.54) is 11.8 Å². The molecule has 0 saturated carbocycles. The number of rotatable bonds is 7. The zero-order valence-corrected chi connectivity index (χ0v) is 18.7. The lowest BCUT2D eigenvalue weighted by Gasteiger charge is -2.10. The standard InChI is InChI=1S/C24H22ClN3O2S/c1-16(27-28-23(29)17(2)31-22-14-10-20(25)11-15-22)18-8-12-21(13-9-18)26-24(30)19-6-4-3-5-7-19/h3-15,17H,1-2H3,(H,26,30)(H,28,29)/b27-16-/t17-/m0/s1. The fraction of sp³-hybridized carbons (Fsp3) is 0.125. The summed E-state index contributed by atoms with van der Waals surface area (Å²) in [6, 6.07) is 23.7. The van der Waals surface area contributed by atoms with Crippen LogP contribution >= 0.6 is 23.4 Å². The molecule has 0 aliphatic rings. The number of hydrogen-bond acceptors (Lipinski definition) is 4. The van der Waals surface area contributed by atoms with Gasteiger partial charge in [0.15, 0.2) is 0 Å². The first kappa shape index (κ1) is 22.6. The van der Waals surface area contributed by atoms with Gasteiger partial charge in [0.1, 0.15) is 0 Å². The summed E-state index contributed by atoms with van der Waals surface area (Å²) in [4.78, 5) is 25.5. The Labute approximate surface area is 190 Å². The number of amides is 2. The van der Waals surface area contributed by atoms with Crippen LogP contribution in [0.1, 0.15) is 29.8 Å². The highest BCUT2D eigenvalue weighted by Gasteiger charge is 2.14. The van der Waals surface area contributed by atoms with Crippen molar-refractivity contribution in [3.05, 3.63) is 95.0 Å². The molecular formula is C24H22ClN3O2S. The summed E-state index contributed by atoms with van der Waals surface area (Å²) in [5, 5.41) is 7.41. The number of benzene rings is 3. The van der Waals surface area contributed by atoms with Gasteiger partial charge in [-0.05, 0) is 67.9 Å². The van der Waals surface area contributed by atoms with Crippen molar-refractivity contribution in [2.45, 2.75) is 24.0 Å². The molecule has 3 rings (SSSR count). The van der Waals surface area contributed by atoms with Crippen molar-refractivity contribution in [1.82, 2.24) is 5.43 Å². The maximum atomic E-state index is 12.3. The van der Waals surface area contributed by atoms with Crippen LogP contribution in [0.3, 0.4) is 0 Å². The van der Waals surface area contributed by atoms with Crippen LogP contribution in [0.4, 0.5) is 5.69 Å². The number of nitrogens with zero attached hydrogens (tertiary/aromatic N) is 1. The Bertz CT molecular complexity index is 1070. The molecule has 158 valence electrons. The van der Waals surface area contributed by atoms with Gasteiger partial charge in [0, 0.05) is 21.2 Å². The van der Waals surface area contributed by atoms with Crippen molar-refractivity contribution in [1.29, 1.82) is 0 Å². The molecule has 7 heteroatoms. The lowest BCUT2D eigenvalue weighted by Crippen LogP contribution is -2.27. The van der Waals surface area contributed by atoms with E-state index in [2.05, 4.69) is 15.8 Å². The van der Waals surface area contributed by atoms with Gasteiger partial charge in [-0.1, -0.05) is 41.9 Å². The normalized spacial score (nSPS) is 12.2. The maximum Gasteiger partial charge on any atom is 0.255 e. The van der Waals surface area contributed by atoms with Crippen molar-refractivity contribution < 1.29 is 9.59 Å². The zero-order valence-electron chi connectivity index (χ0n) is 17.1. The number of carbonyl (C=O) groups is 2. The van der Waals surface area contributed by atoms with Gasteiger partial charge >= 0.3 is 0 Å². The Kier molecular flexibility index (Phi) is 7.87. The predicted octanol–water partition coefficient (Wildman–Crippen LogP) is 5.61. The second-order valence-electron chi connectivity index (χ2n) is 6.78. The summed E-state index contributed by atoms with van der Waals surface area (Å²) in [5.74, 6) is -0.357. The highest BCUT2D eigenvalue weighted by atomic mass is 35.5. The van der Waals surface area contributed by atoms with Crippen LogP contribution in [0, 0.1) is 0 Å². The van der Waals surface area contributed by atoms with E-state index in [4.69, 9.17) is 11.6 Å². The number of nitrogens with one attached hydrogen (secondary N) is 2. The van der Waals surface area contributed by atoms with Crippen molar-refractivity contribution in [2.24, 2.45) is 5.10 Å². The van der Waals surface area contributed by atoms with Crippen LogP contribution in [-0.4, -0.2) is 22.8 Å². The quantitative estimate of drug-likeness (QED) is 0.278. The van der Waals surface area contributed by atoms with Gasteiger partial charge in [-0.3, -0.25) is 9.59 Å². The SMILES string of the molecule is C/C(=N/NC(=O)[C@H](C)Sc1ccc(Cl)cc1)c1ccc(NC(=O)c2ccccc2)cc1. The molecule has 0 aliphatic carbocycles. The fourth-order valence-corrected chi connectivity index (χ4v) is 3.64. The van der Waals surface area contributed by atoms with Crippen molar-refractivity contribution >= 4 is 46.6 Å². The molecule has 0 radical (unpaired) electrons. The summed E-state index contributed by atoms with van der Waals surface area (Å²) in [6.45, 7) is 3.64. The Morgan fingerprint density at radius 2 is 1.55 bits per heavy atom. The third kappa shape index (κ3) is 6.70.